The van der Waals surface area contributed by atoms with E-state index in [-0.39, 0.29) is 23.6 Å². The van der Waals surface area contributed by atoms with Crippen LogP contribution in [0.2, 0.25) is 0 Å². The molecule has 7 heteroatoms. The topological polar surface area (TPSA) is 81.8 Å². The number of rotatable bonds is 7. The monoisotopic (exact) mass is 374 g/mol. The van der Waals surface area contributed by atoms with Crippen molar-refractivity contribution in [1.29, 1.82) is 0 Å². The lowest BCUT2D eigenvalue weighted by Crippen LogP contribution is -2.50. The van der Waals surface area contributed by atoms with Crippen LogP contribution in [0.1, 0.15) is 36.7 Å². The van der Waals surface area contributed by atoms with E-state index >= 15 is 0 Å². The van der Waals surface area contributed by atoms with Gasteiger partial charge in [-0.15, -0.1) is 0 Å². The highest BCUT2D eigenvalue weighted by atomic mass is 16.2. The molecule has 1 saturated heterocycles. The summed E-state index contributed by atoms with van der Waals surface area (Å²) in [6.45, 7) is 10.0. The Kier molecular flexibility index (Phi) is 7.79. The predicted molar refractivity (Wildman–Crippen MR) is 104 cm³/mol. The average molecular weight is 374 g/mol. The fourth-order valence-corrected chi connectivity index (χ4v) is 2.95. The number of hydrogen-bond donors (Lipinski definition) is 2. The molecule has 0 unspecified atom stereocenters. The zero-order chi connectivity index (χ0) is 19.8. The molecular weight excluding hydrogens is 344 g/mol. The molecule has 0 atom stereocenters. The largest absolute Gasteiger partial charge is 0.355 e. The summed E-state index contributed by atoms with van der Waals surface area (Å²) in [5.41, 5.74) is 1.57. The van der Waals surface area contributed by atoms with Crippen molar-refractivity contribution in [3.63, 3.8) is 0 Å². The molecule has 0 radical (unpaired) electrons. The Hall–Kier alpha value is -2.41. The number of carbonyl (C=O) groups is 3. The van der Waals surface area contributed by atoms with Gasteiger partial charge in [-0.05, 0) is 17.7 Å². The summed E-state index contributed by atoms with van der Waals surface area (Å²) < 4.78 is 0. The van der Waals surface area contributed by atoms with E-state index in [2.05, 4.69) is 15.5 Å². The molecule has 27 heavy (non-hydrogen) atoms. The van der Waals surface area contributed by atoms with Crippen LogP contribution in [0.4, 0.5) is 0 Å². The zero-order valence-corrected chi connectivity index (χ0v) is 16.5. The van der Waals surface area contributed by atoms with Crippen molar-refractivity contribution in [1.82, 2.24) is 20.4 Å². The molecule has 7 nitrogen and oxygen atoms in total. The summed E-state index contributed by atoms with van der Waals surface area (Å²) >= 11 is 0. The van der Waals surface area contributed by atoms with Crippen molar-refractivity contribution in [2.45, 2.75) is 27.3 Å². The lowest BCUT2D eigenvalue weighted by Gasteiger charge is -2.34. The van der Waals surface area contributed by atoms with Gasteiger partial charge in [-0.3, -0.25) is 19.3 Å². The van der Waals surface area contributed by atoms with Crippen LogP contribution >= 0.6 is 0 Å². The third-order valence-electron chi connectivity index (χ3n) is 4.63. The molecule has 0 saturated carbocycles. The number of hydrogen-bond acceptors (Lipinski definition) is 4. The lowest BCUT2D eigenvalue weighted by molar-refractivity contribution is -0.124. The van der Waals surface area contributed by atoms with Gasteiger partial charge in [0.05, 0.1) is 0 Å². The van der Waals surface area contributed by atoms with E-state index in [1.54, 1.807) is 0 Å². The Balaban J connectivity index is 1.84. The van der Waals surface area contributed by atoms with Crippen molar-refractivity contribution >= 4 is 17.7 Å². The number of carbonyl (C=O) groups excluding carboxylic acids is 3. The summed E-state index contributed by atoms with van der Waals surface area (Å²) in [6, 6.07) is 7.44. The molecule has 148 valence electrons. The van der Waals surface area contributed by atoms with Crippen LogP contribution in [0.25, 0.3) is 0 Å². The van der Waals surface area contributed by atoms with Crippen LogP contribution in [0, 0.1) is 5.92 Å². The zero-order valence-electron chi connectivity index (χ0n) is 16.5. The van der Waals surface area contributed by atoms with Gasteiger partial charge in [0.25, 0.3) is 5.91 Å². The van der Waals surface area contributed by atoms with Crippen LogP contribution in [-0.2, 0) is 16.1 Å². The van der Waals surface area contributed by atoms with Crippen LogP contribution in [0.5, 0.6) is 0 Å². The van der Waals surface area contributed by atoms with Crippen LogP contribution in [-0.4, -0.2) is 66.8 Å². The highest BCUT2D eigenvalue weighted by molar-refractivity contribution is 5.94. The molecule has 0 spiro atoms. The fourth-order valence-electron chi connectivity index (χ4n) is 2.95. The maximum atomic E-state index is 12.8. The second-order valence-corrected chi connectivity index (χ2v) is 7.19. The van der Waals surface area contributed by atoms with Crippen molar-refractivity contribution < 1.29 is 14.4 Å². The molecule has 1 aromatic rings. The molecule has 0 aromatic heterocycles. The first kappa shape index (κ1) is 20.9. The van der Waals surface area contributed by atoms with Crippen LogP contribution in [0.3, 0.4) is 0 Å². The molecule has 3 amide bonds. The second-order valence-electron chi connectivity index (χ2n) is 7.19. The van der Waals surface area contributed by atoms with Gasteiger partial charge >= 0.3 is 0 Å². The minimum atomic E-state index is -0.0586. The number of benzene rings is 1. The van der Waals surface area contributed by atoms with Crippen LogP contribution < -0.4 is 10.6 Å². The SMILES string of the molecule is CC(=O)NCCN1CCN(C(=O)c2cccc(CNC(=O)C(C)C)c2)CC1. The van der Waals surface area contributed by atoms with Crippen molar-refractivity contribution in [2.24, 2.45) is 5.92 Å². The number of nitrogens with one attached hydrogen (secondary N) is 2. The minimum absolute atomic E-state index is 0.00196. The van der Waals surface area contributed by atoms with Gasteiger partial charge in [0, 0.05) is 64.2 Å². The molecule has 1 aliphatic rings. The van der Waals surface area contributed by atoms with Gasteiger partial charge in [-0.1, -0.05) is 26.0 Å². The summed E-state index contributed by atoms with van der Waals surface area (Å²) in [4.78, 5) is 39.5. The summed E-state index contributed by atoms with van der Waals surface area (Å²) in [5, 5.41) is 5.67. The molecule has 1 fully saturated rings. The molecule has 0 bridgehead atoms. The number of piperazine rings is 1. The summed E-state index contributed by atoms with van der Waals surface area (Å²) in [6.07, 6.45) is 0. The highest BCUT2D eigenvalue weighted by Crippen LogP contribution is 2.11. The Labute approximate surface area is 161 Å². The minimum Gasteiger partial charge on any atom is -0.355 e. The van der Waals surface area contributed by atoms with Gasteiger partial charge in [0.1, 0.15) is 0 Å². The number of nitrogens with zero attached hydrogens (tertiary/aromatic N) is 2. The van der Waals surface area contributed by atoms with Crippen molar-refractivity contribution in [3.05, 3.63) is 35.4 Å². The van der Waals surface area contributed by atoms with Gasteiger partial charge in [0.15, 0.2) is 0 Å². The summed E-state index contributed by atoms with van der Waals surface area (Å²) in [7, 11) is 0. The first-order chi connectivity index (χ1) is 12.9. The Morgan fingerprint density at radius 1 is 1.07 bits per heavy atom. The van der Waals surface area contributed by atoms with Crippen molar-refractivity contribution in [3.8, 4) is 0 Å². The van der Waals surface area contributed by atoms with Crippen LogP contribution in [0.15, 0.2) is 24.3 Å². The fraction of sp³-hybridized carbons (Fsp3) is 0.550. The molecule has 1 heterocycles. The molecule has 1 aromatic carbocycles. The molecule has 0 aliphatic carbocycles. The smallest absolute Gasteiger partial charge is 0.253 e. The highest BCUT2D eigenvalue weighted by Gasteiger charge is 2.22. The van der Waals surface area contributed by atoms with E-state index < -0.39 is 0 Å². The standard InChI is InChI=1S/C20H30N4O3/c1-15(2)19(26)22-14-17-5-4-6-18(13-17)20(27)24-11-9-23(10-12-24)8-7-21-16(3)25/h4-6,13,15H,7-12,14H2,1-3H3,(H,21,25)(H,22,26). The van der Waals surface area contributed by atoms with E-state index in [0.717, 1.165) is 25.2 Å². The molecular formula is C20H30N4O3. The average Bonchev–Trinajstić information content (AvgIpc) is 2.66. The summed E-state index contributed by atoms with van der Waals surface area (Å²) in [5.74, 6) is -0.0549. The quantitative estimate of drug-likeness (QED) is 0.741. The Morgan fingerprint density at radius 3 is 2.41 bits per heavy atom. The first-order valence-electron chi connectivity index (χ1n) is 9.49. The maximum Gasteiger partial charge on any atom is 0.253 e. The third kappa shape index (κ3) is 6.67. The molecule has 1 aliphatic heterocycles. The van der Waals surface area contributed by atoms with Gasteiger partial charge in [-0.2, -0.15) is 0 Å². The normalized spacial score (nSPS) is 14.9. The van der Waals surface area contributed by atoms with E-state index in [9.17, 15) is 14.4 Å². The van der Waals surface area contributed by atoms with E-state index in [4.69, 9.17) is 0 Å². The second kappa shape index (κ2) is 10.1. The van der Waals surface area contributed by atoms with E-state index in [1.807, 2.05) is 43.0 Å². The maximum absolute atomic E-state index is 12.8. The van der Waals surface area contributed by atoms with Gasteiger partial charge in [0.2, 0.25) is 11.8 Å². The Morgan fingerprint density at radius 2 is 1.78 bits per heavy atom. The molecule has 2 rings (SSSR count). The first-order valence-corrected chi connectivity index (χ1v) is 9.49. The van der Waals surface area contributed by atoms with E-state index in [1.165, 1.54) is 6.92 Å². The van der Waals surface area contributed by atoms with Crippen molar-refractivity contribution in [2.75, 3.05) is 39.3 Å². The third-order valence-corrected chi connectivity index (χ3v) is 4.63. The van der Waals surface area contributed by atoms with Gasteiger partial charge < -0.3 is 15.5 Å². The lowest BCUT2D eigenvalue weighted by atomic mass is 10.1. The number of amides is 3. The van der Waals surface area contributed by atoms with Gasteiger partial charge in [-0.25, -0.2) is 0 Å². The predicted octanol–water partition coefficient (Wildman–Crippen LogP) is 0.853. The molecule has 2 N–H and O–H groups in total. The van der Waals surface area contributed by atoms with E-state index in [0.29, 0.717) is 31.7 Å². The Bertz CT molecular complexity index is 667.